The number of allylic oxidation sites excluding steroid dienone is 5. The average molecular weight is 514 g/mol. The van der Waals surface area contributed by atoms with Gasteiger partial charge < -0.3 is 14.9 Å². The molecule has 1 spiro atoms. The molecule has 38 heavy (non-hydrogen) atoms. The molecule has 0 amide bonds. The summed E-state index contributed by atoms with van der Waals surface area (Å²) in [6.45, 7) is 12.6. The number of phenols is 1. The highest BCUT2D eigenvalue weighted by molar-refractivity contribution is 5.99. The Morgan fingerprint density at radius 1 is 0.921 bits per heavy atom. The molecule has 4 rings (SSSR count). The molecule has 1 aliphatic heterocycles. The van der Waals surface area contributed by atoms with E-state index in [9.17, 15) is 10.2 Å². The lowest BCUT2D eigenvalue weighted by Gasteiger charge is -2.40. The molecule has 2 N–H and O–H groups in total. The number of aliphatic hydroxyl groups excluding tert-OH is 1. The van der Waals surface area contributed by atoms with Crippen LogP contribution in [0.4, 0.5) is 0 Å². The number of phenolic OH excluding ortho intramolecular Hbond substituents is 1. The number of hydrogen-bond acceptors (Lipinski definition) is 4. The zero-order chi connectivity index (χ0) is 26.8. The maximum Gasteiger partial charge on any atom is 0.115 e. The van der Waals surface area contributed by atoms with E-state index in [-0.39, 0.29) is 12.4 Å². The van der Waals surface area contributed by atoms with E-state index >= 15 is 0 Å². The molecule has 1 heterocycles. The molecule has 1 aliphatic carbocycles. The maximum absolute atomic E-state index is 9.87. The van der Waals surface area contributed by atoms with Gasteiger partial charge in [0, 0.05) is 19.7 Å². The smallest absolute Gasteiger partial charge is 0.115 e. The lowest BCUT2D eigenvalue weighted by atomic mass is 9.78. The van der Waals surface area contributed by atoms with E-state index in [2.05, 4.69) is 30.2 Å². The second kappa shape index (κ2) is 13.6. The number of piperidine rings is 1. The van der Waals surface area contributed by atoms with Crippen LogP contribution < -0.4 is 0 Å². The fourth-order valence-electron chi connectivity index (χ4n) is 6.16. The molecule has 0 aromatic heterocycles. The lowest BCUT2D eigenvalue weighted by molar-refractivity contribution is 0.0719. The average Bonchev–Trinajstić information content (AvgIpc) is 3.38. The Kier molecular flexibility index (Phi) is 10.0. The van der Waals surface area contributed by atoms with E-state index in [0.717, 1.165) is 34.4 Å². The Morgan fingerprint density at radius 2 is 1.63 bits per heavy atom. The molecule has 202 valence electrons. The van der Waals surface area contributed by atoms with Crippen LogP contribution in [0.5, 0.6) is 5.75 Å². The van der Waals surface area contributed by atoms with Crippen LogP contribution in [0.1, 0.15) is 62.5 Å². The van der Waals surface area contributed by atoms with Gasteiger partial charge in [0.25, 0.3) is 0 Å². The molecule has 2 fully saturated rings. The zero-order valence-corrected chi connectivity index (χ0v) is 22.7. The highest BCUT2D eigenvalue weighted by Crippen LogP contribution is 2.44. The number of benzene rings is 2. The molecule has 4 nitrogen and oxygen atoms in total. The predicted molar refractivity (Wildman–Crippen MR) is 158 cm³/mol. The zero-order valence-electron chi connectivity index (χ0n) is 22.7. The Balaban J connectivity index is 1.45. The second-order valence-corrected chi connectivity index (χ2v) is 10.9. The SMILES string of the molecule is C=C(/C=C\C(=C)/C(=C(/CCCO)c1ccccc1)c1ccc(O)cc1)OCCN1CCCC2(CCCC2)C1. The Hall–Kier alpha value is -3.08. The molecule has 0 unspecified atom stereocenters. The van der Waals surface area contributed by atoms with Gasteiger partial charge in [-0.15, -0.1) is 0 Å². The number of hydrogen-bond donors (Lipinski definition) is 2. The third-order valence-electron chi connectivity index (χ3n) is 8.06. The van der Waals surface area contributed by atoms with Gasteiger partial charge in [-0.05, 0) is 96.5 Å². The first-order valence-corrected chi connectivity index (χ1v) is 14.1. The third kappa shape index (κ3) is 7.49. The van der Waals surface area contributed by atoms with E-state index < -0.39 is 0 Å². The highest BCUT2D eigenvalue weighted by atomic mass is 16.5. The number of likely N-dealkylation sites (tertiary alicyclic amines) is 1. The first-order valence-electron chi connectivity index (χ1n) is 14.1. The summed E-state index contributed by atoms with van der Waals surface area (Å²) < 4.78 is 6.01. The molecular weight excluding hydrogens is 470 g/mol. The number of aliphatic hydroxyl groups is 1. The minimum absolute atomic E-state index is 0.115. The van der Waals surface area contributed by atoms with Gasteiger partial charge in [0.1, 0.15) is 18.1 Å². The van der Waals surface area contributed by atoms with E-state index in [1.54, 1.807) is 12.1 Å². The highest BCUT2D eigenvalue weighted by Gasteiger charge is 2.37. The Bertz CT molecular complexity index is 1120. The fourth-order valence-corrected chi connectivity index (χ4v) is 6.16. The first kappa shape index (κ1) is 27.9. The maximum atomic E-state index is 9.87. The monoisotopic (exact) mass is 513 g/mol. The summed E-state index contributed by atoms with van der Waals surface area (Å²) in [7, 11) is 0. The van der Waals surface area contributed by atoms with Gasteiger partial charge in [-0.25, -0.2) is 0 Å². The van der Waals surface area contributed by atoms with E-state index in [1.807, 2.05) is 42.5 Å². The Labute approximate surface area is 228 Å². The summed E-state index contributed by atoms with van der Waals surface area (Å²) in [5, 5.41) is 19.4. The van der Waals surface area contributed by atoms with Crippen LogP contribution in [0.3, 0.4) is 0 Å². The summed E-state index contributed by atoms with van der Waals surface area (Å²) in [6.07, 6.45) is 13.5. The van der Waals surface area contributed by atoms with Crippen molar-refractivity contribution in [2.24, 2.45) is 5.41 Å². The number of rotatable bonds is 12. The lowest BCUT2D eigenvalue weighted by Crippen LogP contribution is -2.43. The van der Waals surface area contributed by atoms with Crippen LogP contribution in [0.15, 0.2) is 91.2 Å². The number of ether oxygens (including phenoxy) is 1. The molecular formula is C34H43NO3. The summed E-state index contributed by atoms with van der Waals surface area (Å²) in [5.41, 5.74) is 5.55. The van der Waals surface area contributed by atoms with E-state index in [1.165, 1.54) is 51.6 Å². The van der Waals surface area contributed by atoms with Crippen molar-refractivity contribution < 1.29 is 14.9 Å². The van der Waals surface area contributed by atoms with Gasteiger partial charge in [-0.1, -0.05) is 74.5 Å². The minimum Gasteiger partial charge on any atom is -0.508 e. The number of aromatic hydroxyl groups is 1. The molecule has 1 saturated heterocycles. The molecule has 2 aromatic rings. The van der Waals surface area contributed by atoms with Crippen molar-refractivity contribution in [3.05, 3.63) is 102 Å². The van der Waals surface area contributed by atoms with Crippen molar-refractivity contribution in [1.82, 2.24) is 4.90 Å². The quantitative estimate of drug-likeness (QED) is 0.177. The van der Waals surface area contributed by atoms with E-state index in [0.29, 0.717) is 30.6 Å². The second-order valence-electron chi connectivity index (χ2n) is 10.9. The molecule has 4 heteroatoms. The van der Waals surface area contributed by atoms with Gasteiger partial charge in [-0.2, -0.15) is 0 Å². The molecule has 2 aliphatic rings. The topological polar surface area (TPSA) is 52.9 Å². The van der Waals surface area contributed by atoms with Gasteiger partial charge in [0.05, 0.1) is 0 Å². The normalized spacial score (nSPS) is 18.0. The minimum atomic E-state index is 0.115. The van der Waals surface area contributed by atoms with Crippen LogP contribution >= 0.6 is 0 Å². The standard InChI is InChI=1S/C34H43NO3/c1-27(13-14-28(2)38-25-23-35-22-9-21-34(26-35)19-6-7-20-34)33(30-15-17-31(37)18-16-30)32(12-8-24-36)29-10-4-3-5-11-29/h3-5,10-11,13-18,36-37H,1-2,6-9,12,19-26H2/b14-13-,33-32+. The van der Waals surface area contributed by atoms with Gasteiger partial charge >= 0.3 is 0 Å². The van der Waals surface area contributed by atoms with Gasteiger partial charge in [-0.3, -0.25) is 4.90 Å². The van der Waals surface area contributed by atoms with Gasteiger partial charge in [0.15, 0.2) is 0 Å². The number of nitrogens with zero attached hydrogens (tertiary/aromatic N) is 1. The van der Waals surface area contributed by atoms with Crippen molar-refractivity contribution in [1.29, 1.82) is 0 Å². The fraction of sp³-hybridized carbons (Fsp3) is 0.412. The predicted octanol–water partition coefficient (Wildman–Crippen LogP) is 7.37. The van der Waals surface area contributed by atoms with Crippen LogP contribution in [0.25, 0.3) is 11.1 Å². The Morgan fingerprint density at radius 3 is 2.34 bits per heavy atom. The van der Waals surface area contributed by atoms with Crippen LogP contribution in [0.2, 0.25) is 0 Å². The third-order valence-corrected chi connectivity index (χ3v) is 8.06. The molecule has 1 saturated carbocycles. The van der Waals surface area contributed by atoms with Crippen molar-refractivity contribution in [2.45, 2.75) is 51.4 Å². The summed E-state index contributed by atoms with van der Waals surface area (Å²) in [5.74, 6) is 0.848. The van der Waals surface area contributed by atoms with Gasteiger partial charge in [0.2, 0.25) is 0 Å². The largest absolute Gasteiger partial charge is 0.508 e. The summed E-state index contributed by atoms with van der Waals surface area (Å²) in [4.78, 5) is 2.57. The van der Waals surface area contributed by atoms with Crippen molar-refractivity contribution in [3.63, 3.8) is 0 Å². The molecule has 0 bridgehead atoms. The van der Waals surface area contributed by atoms with E-state index in [4.69, 9.17) is 4.74 Å². The molecule has 2 aromatic carbocycles. The van der Waals surface area contributed by atoms with Crippen molar-refractivity contribution >= 4 is 11.1 Å². The van der Waals surface area contributed by atoms with Crippen molar-refractivity contribution in [2.75, 3.05) is 32.8 Å². The molecule has 0 atom stereocenters. The summed E-state index contributed by atoms with van der Waals surface area (Å²) in [6, 6.07) is 17.4. The molecule has 0 radical (unpaired) electrons. The summed E-state index contributed by atoms with van der Waals surface area (Å²) >= 11 is 0. The van der Waals surface area contributed by atoms with Crippen LogP contribution in [-0.4, -0.2) is 48.0 Å². The van der Waals surface area contributed by atoms with Crippen LogP contribution in [0, 0.1) is 5.41 Å². The van der Waals surface area contributed by atoms with Crippen LogP contribution in [-0.2, 0) is 4.74 Å². The van der Waals surface area contributed by atoms with Crippen molar-refractivity contribution in [3.8, 4) is 5.75 Å². The first-order chi connectivity index (χ1) is 18.5.